The molecule has 0 aliphatic carbocycles. The van der Waals surface area contributed by atoms with Crippen molar-refractivity contribution in [1.82, 2.24) is 24.1 Å². The molecule has 0 bridgehead atoms. The van der Waals surface area contributed by atoms with Crippen LogP contribution in [0.2, 0.25) is 5.02 Å². The van der Waals surface area contributed by atoms with Crippen LogP contribution in [0.5, 0.6) is 0 Å². The summed E-state index contributed by atoms with van der Waals surface area (Å²) < 4.78 is 15.6. The number of fused-ring (bicyclic) bond motifs is 2. The number of aliphatic hydroxyl groups is 1. The molecule has 5 rings (SSSR count). The minimum atomic E-state index is -0.476. The summed E-state index contributed by atoms with van der Waals surface area (Å²) in [4.78, 5) is 25.0. The number of hydrogen-bond donors (Lipinski definition) is 1. The van der Waals surface area contributed by atoms with Crippen LogP contribution in [0.1, 0.15) is 58.1 Å². The quantitative estimate of drug-likeness (QED) is 0.258. The Morgan fingerprint density at radius 1 is 1.12 bits per heavy atom. The maximum absolute atomic E-state index is 13.0. The number of rotatable bonds is 10. The Morgan fingerprint density at radius 3 is 2.63 bits per heavy atom. The number of esters is 2. The van der Waals surface area contributed by atoms with E-state index in [4.69, 9.17) is 26.2 Å². The van der Waals surface area contributed by atoms with Crippen LogP contribution in [0.25, 0.3) is 22.0 Å². The molecule has 41 heavy (non-hydrogen) atoms. The summed E-state index contributed by atoms with van der Waals surface area (Å²) in [6.45, 7) is 2.94. The Hall–Kier alpha value is -3.28. The number of methoxy groups -OCH3 is 2. The van der Waals surface area contributed by atoms with Crippen molar-refractivity contribution in [1.29, 1.82) is 0 Å². The van der Waals surface area contributed by atoms with Gasteiger partial charge in [0, 0.05) is 64.4 Å². The summed E-state index contributed by atoms with van der Waals surface area (Å²) in [6.07, 6.45) is 3.11. The highest BCUT2D eigenvalue weighted by Crippen LogP contribution is 2.44. The molecule has 1 aromatic carbocycles. The lowest BCUT2D eigenvalue weighted by Crippen LogP contribution is -2.14. The van der Waals surface area contributed by atoms with E-state index in [0.29, 0.717) is 22.2 Å². The summed E-state index contributed by atoms with van der Waals surface area (Å²) in [5, 5.41) is 20.5. The molecule has 0 saturated heterocycles. The van der Waals surface area contributed by atoms with Crippen LogP contribution in [0.3, 0.4) is 0 Å². The number of halogens is 1. The number of hydrogen-bond acceptors (Lipinski definition) is 8. The van der Waals surface area contributed by atoms with E-state index in [1.54, 1.807) is 16.4 Å². The van der Waals surface area contributed by atoms with E-state index in [2.05, 4.69) is 9.78 Å². The zero-order valence-corrected chi connectivity index (χ0v) is 25.3. The average molecular weight is 600 g/mol. The number of benzene rings is 1. The maximum Gasteiger partial charge on any atom is 0.354 e. The predicted molar refractivity (Wildman–Crippen MR) is 158 cm³/mol. The van der Waals surface area contributed by atoms with Crippen molar-refractivity contribution >= 4 is 46.2 Å². The third-order valence-electron chi connectivity index (χ3n) is 7.66. The lowest BCUT2D eigenvalue weighted by atomic mass is 9.94. The lowest BCUT2D eigenvalue weighted by molar-refractivity contribution is -0.140. The molecule has 0 atom stereocenters. The van der Waals surface area contributed by atoms with Gasteiger partial charge in [0.25, 0.3) is 0 Å². The molecule has 0 saturated carbocycles. The Balaban J connectivity index is 1.62. The van der Waals surface area contributed by atoms with Crippen molar-refractivity contribution in [3.8, 4) is 11.1 Å². The van der Waals surface area contributed by atoms with Crippen molar-refractivity contribution < 1.29 is 24.2 Å². The van der Waals surface area contributed by atoms with Crippen LogP contribution in [0, 0.1) is 6.92 Å². The topological polar surface area (TPSA) is 113 Å². The van der Waals surface area contributed by atoms with E-state index in [0.717, 1.165) is 76.2 Å². The molecule has 218 valence electrons. The first-order chi connectivity index (χ1) is 19.8. The molecule has 1 aliphatic heterocycles. The van der Waals surface area contributed by atoms with E-state index in [9.17, 15) is 14.7 Å². The van der Waals surface area contributed by atoms with Crippen molar-refractivity contribution in [3.63, 3.8) is 0 Å². The van der Waals surface area contributed by atoms with Gasteiger partial charge in [-0.05, 0) is 49.9 Å². The molecule has 0 spiro atoms. The Morgan fingerprint density at radius 2 is 1.93 bits per heavy atom. The maximum atomic E-state index is 13.0. The fourth-order valence-electron chi connectivity index (χ4n) is 5.73. The Labute approximate surface area is 247 Å². The summed E-state index contributed by atoms with van der Waals surface area (Å²) in [6, 6.07) is 5.66. The minimum Gasteiger partial charge on any atom is -0.469 e. The van der Waals surface area contributed by atoms with E-state index in [-0.39, 0.29) is 25.5 Å². The van der Waals surface area contributed by atoms with Gasteiger partial charge in [0.1, 0.15) is 5.69 Å². The highest BCUT2D eigenvalue weighted by molar-refractivity contribution is 7.97. The number of aryl methyl sites for hydroxylation is 4. The Kier molecular flexibility index (Phi) is 8.77. The van der Waals surface area contributed by atoms with E-state index >= 15 is 0 Å². The van der Waals surface area contributed by atoms with Crippen LogP contribution < -0.4 is 0 Å². The largest absolute Gasteiger partial charge is 0.469 e. The number of carbonyl (C=O) groups excluding carboxylic acids is 2. The Bertz CT molecular complexity index is 1620. The van der Waals surface area contributed by atoms with Crippen LogP contribution in [0.4, 0.5) is 0 Å². The van der Waals surface area contributed by atoms with Gasteiger partial charge in [-0.2, -0.15) is 10.2 Å². The van der Waals surface area contributed by atoms with Crippen molar-refractivity contribution in [2.45, 2.75) is 63.8 Å². The van der Waals surface area contributed by atoms with Gasteiger partial charge in [0.15, 0.2) is 0 Å². The normalized spacial score (nSPS) is 13.0. The number of aromatic nitrogens is 5. The van der Waals surface area contributed by atoms with Gasteiger partial charge in [-0.25, -0.2) is 4.79 Å². The molecule has 0 fully saturated rings. The highest BCUT2D eigenvalue weighted by atomic mass is 35.5. The van der Waals surface area contributed by atoms with E-state index < -0.39 is 5.97 Å². The molecular weight excluding hydrogens is 566 g/mol. The summed E-state index contributed by atoms with van der Waals surface area (Å²) in [7, 11) is 4.53. The van der Waals surface area contributed by atoms with Crippen molar-refractivity contribution in [2.75, 3.05) is 14.2 Å². The van der Waals surface area contributed by atoms with Gasteiger partial charge in [-0.15, -0.1) is 11.8 Å². The predicted octanol–water partition coefficient (Wildman–Crippen LogP) is 4.81. The highest BCUT2D eigenvalue weighted by Gasteiger charge is 2.29. The van der Waals surface area contributed by atoms with Gasteiger partial charge < -0.3 is 19.1 Å². The molecule has 0 unspecified atom stereocenters. The molecule has 4 heterocycles. The second-order valence-electron chi connectivity index (χ2n) is 10.1. The number of aliphatic hydroxyl groups excluding tert-OH is 1. The number of ether oxygens (including phenoxy) is 2. The molecule has 0 amide bonds. The number of nitrogens with zero attached hydrogens (tertiary/aromatic N) is 5. The molecule has 0 radical (unpaired) electrons. The summed E-state index contributed by atoms with van der Waals surface area (Å²) in [5.41, 5.74) is 7.53. The summed E-state index contributed by atoms with van der Waals surface area (Å²) in [5.74, 6) is 0.469. The first kappa shape index (κ1) is 29.2. The van der Waals surface area contributed by atoms with E-state index in [1.807, 2.05) is 36.7 Å². The fraction of sp³-hybridized carbons (Fsp3) is 0.448. The molecule has 10 nitrogen and oxygen atoms in total. The summed E-state index contributed by atoms with van der Waals surface area (Å²) >= 11 is 8.70. The molecule has 1 aliphatic rings. The van der Waals surface area contributed by atoms with Crippen LogP contribution in [0.15, 0.2) is 18.2 Å². The molecule has 3 aromatic heterocycles. The van der Waals surface area contributed by atoms with Crippen molar-refractivity contribution in [3.05, 3.63) is 57.3 Å². The first-order valence-corrected chi connectivity index (χ1v) is 15.1. The first-order valence-electron chi connectivity index (χ1n) is 13.5. The number of thioether (sulfide) groups is 1. The smallest absolute Gasteiger partial charge is 0.354 e. The second kappa shape index (κ2) is 12.3. The van der Waals surface area contributed by atoms with Gasteiger partial charge >= 0.3 is 11.9 Å². The van der Waals surface area contributed by atoms with Gasteiger partial charge in [0.05, 0.1) is 44.3 Å². The third kappa shape index (κ3) is 5.50. The average Bonchev–Trinajstić information content (AvgIpc) is 3.61. The van der Waals surface area contributed by atoms with E-state index in [1.165, 1.54) is 14.2 Å². The molecule has 4 aromatic rings. The zero-order chi connectivity index (χ0) is 29.3. The van der Waals surface area contributed by atoms with Crippen LogP contribution in [-0.2, 0) is 58.9 Å². The standard InChI is InChI=1S/C29H34ClN5O5S/c1-17-25-22(34(12-10-24(37)39-3)28(17)29(38)40-4)9-8-20(30)26(25)27-21(32-35-11-6-5-7-23(27)35)16-41-15-18-13-19(14-36)33(2)31-18/h8-9,13,36H,5-7,10-12,14-16H2,1-4H3. The molecular formula is C29H34ClN5O5S. The van der Waals surface area contributed by atoms with Crippen LogP contribution >= 0.6 is 23.4 Å². The minimum absolute atomic E-state index is 0.0548. The van der Waals surface area contributed by atoms with Crippen LogP contribution in [-0.4, -0.2) is 55.4 Å². The number of carbonyl (C=O) groups is 2. The van der Waals surface area contributed by atoms with Gasteiger partial charge in [-0.3, -0.25) is 14.2 Å². The van der Waals surface area contributed by atoms with Gasteiger partial charge in [0.2, 0.25) is 0 Å². The SMILES string of the molecule is COC(=O)CCn1c(C(=O)OC)c(C)c2c(-c3c(CSCc4cc(CO)n(C)n4)nn4c3CCCC4)c(Cl)ccc21. The molecule has 12 heteroatoms. The lowest BCUT2D eigenvalue weighted by Gasteiger charge is -2.16. The third-order valence-corrected chi connectivity index (χ3v) is 8.95. The fourth-order valence-corrected chi connectivity index (χ4v) is 6.83. The zero-order valence-electron chi connectivity index (χ0n) is 23.7. The van der Waals surface area contributed by atoms with Gasteiger partial charge in [-0.1, -0.05) is 11.6 Å². The monoisotopic (exact) mass is 599 g/mol. The second-order valence-corrected chi connectivity index (χ2v) is 11.5. The molecule has 1 N–H and O–H groups in total. The van der Waals surface area contributed by atoms with Crippen molar-refractivity contribution in [2.24, 2.45) is 7.05 Å².